The standard InChI is InChI=1S/C22H32OSi/c1-21(2,3)17-18-23-24(22(4,5)6,19-13-9-7-10-14-19)20-15-11-8-12-16-20/h7-16H,17-18H2,1-6H3. The van der Waals surface area contributed by atoms with E-state index in [1.54, 1.807) is 0 Å². The highest BCUT2D eigenvalue weighted by atomic mass is 28.4. The molecule has 24 heavy (non-hydrogen) atoms. The van der Waals surface area contributed by atoms with Gasteiger partial charge in [0.2, 0.25) is 0 Å². The minimum Gasteiger partial charge on any atom is -0.407 e. The van der Waals surface area contributed by atoms with E-state index < -0.39 is 8.32 Å². The van der Waals surface area contributed by atoms with Crippen LogP contribution in [0.1, 0.15) is 48.0 Å². The summed E-state index contributed by atoms with van der Waals surface area (Å²) < 4.78 is 6.88. The van der Waals surface area contributed by atoms with Crippen molar-refractivity contribution < 1.29 is 4.43 Å². The molecular formula is C22H32OSi. The molecule has 0 fully saturated rings. The van der Waals surface area contributed by atoms with Crippen LogP contribution in [0.4, 0.5) is 0 Å². The van der Waals surface area contributed by atoms with Gasteiger partial charge in [-0.1, -0.05) is 102 Å². The predicted molar refractivity (Wildman–Crippen MR) is 108 cm³/mol. The molecule has 0 N–H and O–H groups in total. The van der Waals surface area contributed by atoms with Gasteiger partial charge in [0.05, 0.1) is 0 Å². The lowest BCUT2D eigenvalue weighted by atomic mass is 9.93. The van der Waals surface area contributed by atoms with Crippen LogP contribution in [0.2, 0.25) is 5.04 Å². The summed E-state index contributed by atoms with van der Waals surface area (Å²) in [7, 11) is -2.35. The number of hydrogen-bond donors (Lipinski definition) is 0. The number of rotatable bonds is 5. The quantitative estimate of drug-likeness (QED) is 0.696. The highest BCUT2D eigenvalue weighted by Crippen LogP contribution is 2.37. The topological polar surface area (TPSA) is 9.23 Å². The first-order chi connectivity index (χ1) is 11.2. The molecule has 0 saturated carbocycles. The average Bonchev–Trinajstić information content (AvgIpc) is 2.51. The normalized spacial score (nSPS) is 13.1. The van der Waals surface area contributed by atoms with E-state index >= 15 is 0 Å². The molecule has 0 unspecified atom stereocenters. The van der Waals surface area contributed by atoms with Crippen LogP contribution in [0.15, 0.2) is 60.7 Å². The Morgan fingerprint density at radius 3 is 1.46 bits per heavy atom. The van der Waals surface area contributed by atoms with Crippen molar-refractivity contribution in [2.24, 2.45) is 5.41 Å². The Morgan fingerprint density at radius 2 is 1.12 bits per heavy atom. The summed E-state index contributed by atoms with van der Waals surface area (Å²) in [6.45, 7) is 14.6. The lowest BCUT2D eigenvalue weighted by Crippen LogP contribution is -2.66. The molecular weight excluding hydrogens is 308 g/mol. The van der Waals surface area contributed by atoms with E-state index in [0.717, 1.165) is 13.0 Å². The molecule has 0 aliphatic heterocycles. The zero-order chi connectivity index (χ0) is 17.8. The van der Waals surface area contributed by atoms with Crippen molar-refractivity contribution in [3.8, 4) is 0 Å². The lowest BCUT2D eigenvalue weighted by molar-refractivity contribution is 0.231. The van der Waals surface area contributed by atoms with Gasteiger partial charge >= 0.3 is 0 Å². The zero-order valence-corrected chi connectivity index (χ0v) is 17.1. The van der Waals surface area contributed by atoms with Gasteiger partial charge in [0, 0.05) is 6.61 Å². The second-order valence-electron chi connectivity index (χ2n) is 8.82. The highest BCUT2D eigenvalue weighted by molar-refractivity contribution is 6.99. The van der Waals surface area contributed by atoms with Gasteiger partial charge in [0.1, 0.15) is 0 Å². The van der Waals surface area contributed by atoms with E-state index in [0.29, 0.717) is 0 Å². The molecule has 0 radical (unpaired) electrons. The molecule has 2 aromatic carbocycles. The zero-order valence-electron chi connectivity index (χ0n) is 16.1. The second-order valence-corrected chi connectivity index (χ2v) is 13.1. The molecule has 0 bridgehead atoms. The maximum absolute atomic E-state index is 6.88. The first-order valence-corrected chi connectivity index (χ1v) is 10.8. The summed E-state index contributed by atoms with van der Waals surface area (Å²) in [5, 5.41) is 2.78. The van der Waals surface area contributed by atoms with Crippen LogP contribution in [0.25, 0.3) is 0 Å². The van der Waals surface area contributed by atoms with Gasteiger partial charge in [-0.25, -0.2) is 0 Å². The molecule has 0 atom stereocenters. The summed E-state index contributed by atoms with van der Waals surface area (Å²) >= 11 is 0. The summed E-state index contributed by atoms with van der Waals surface area (Å²) in [6.07, 6.45) is 1.07. The largest absolute Gasteiger partial charge is 0.407 e. The Hall–Kier alpha value is -1.38. The molecule has 2 heteroatoms. The van der Waals surface area contributed by atoms with Crippen molar-refractivity contribution >= 4 is 18.7 Å². The van der Waals surface area contributed by atoms with Crippen LogP contribution in [0.3, 0.4) is 0 Å². The van der Waals surface area contributed by atoms with Gasteiger partial charge < -0.3 is 4.43 Å². The molecule has 0 spiro atoms. The van der Waals surface area contributed by atoms with Crippen molar-refractivity contribution in [3.05, 3.63) is 60.7 Å². The molecule has 0 saturated heterocycles. The molecule has 130 valence electrons. The van der Waals surface area contributed by atoms with Crippen LogP contribution in [-0.4, -0.2) is 14.9 Å². The van der Waals surface area contributed by atoms with Crippen molar-refractivity contribution in [3.63, 3.8) is 0 Å². The molecule has 0 aromatic heterocycles. The van der Waals surface area contributed by atoms with E-state index in [1.165, 1.54) is 10.4 Å². The van der Waals surface area contributed by atoms with Crippen LogP contribution in [0.5, 0.6) is 0 Å². The Labute approximate surface area is 149 Å². The second kappa shape index (κ2) is 7.24. The number of benzene rings is 2. The SMILES string of the molecule is CC(C)(C)CCO[Si](c1ccccc1)(c1ccccc1)C(C)(C)C. The van der Waals surface area contributed by atoms with Gasteiger partial charge in [-0.2, -0.15) is 0 Å². The molecule has 0 aliphatic carbocycles. The van der Waals surface area contributed by atoms with Crippen LogP contribution in [0, 0.1) is 5.41 Å². The average molecular weight is 341 g/mol. The summed E-state index contributed by atoms with van der Waals surface area (Å²) in [5.74, 6) is 0. The fourth-order valence-corrected chi connectivity index (χ4v) is 7.84. The smallest absolute Gasteiger partial charge is 0.261 e. The van der Waals surface area contributed by atoms with Gasteiger partial charge in [-0.15, -0.1) is 0 Å². The fraction of sp³-hybridized carbons (Fsp3) is 0.455. The molecule has 0 amide bonds. The third-order valence-corrected chi connectivity index (χ3v) is 9.63. The van der Waals surface area contributed by atoms with Crippen LogP contribution >= 0.6 is 0 Å². The molecule has 2 rings (SSSR count). The first-order valence-electron chi connectivity index (χ1n) is 8.92. The minimum atomic E-state index is -2.35. The van der Waals surface area contributed by atoms with Gasteiger partial charge in [-0.05, 0) is 27.2 Å². The van der Waals surface area contributed by atoms with Crippen LogP contribution < -0.4 is 10.4 Å². The third kappa shape index (κ3) is 4.17. The molecule has 0 heterocycles. The Bertz CT molecular complexity index is 581. The Kier molecular flexibility index (Phi) is 5.72. The third-order valence-electron chi connectivity index (χ3n) is 4.59. The molecule has 2 aromatic rings. The van der Waals surface area contributed by atoms with Gasteiger partial charge in [0.15, 0.2) is 0 Å². The predicted octanol–water partition coefficient (Wildman–Crippen LogP) is 5.00. The van der Waals surface area contributed by atoms with E-state index in [1.807, 2.05) is 0 Å². The van der Waals surface area contributed by atoms with E-state index in [9.17, 15) is 0 Å². The van der Waals surface area contributed by atoms with Crippen LogP contribution in [-0.2, 0) is 4.43 Å². The van der Waals surface area contributed by atoms with Gasteiger partial charge in [0.25, 0.3) is 8.32 Å². The minimum absolute atomic E-state index is 0.0631. The summed E-state index contributed by atoms with van der Waals surface area (Å²) in [5.41, 5.74) is 0.283. The Balaban J connectivity index is 2.53. The lowest BCUT2D eigenvalue weighted by Gasteiger charge is -2.43. The van der Waals surface area contributed by atoms with Crippen molar-refractivity contribution in [2.75, 3.05) is 6.61 Å². The number of hydrogen-bond acceptors (Lipinski definition) is 1. The summed E-state index contributed by atoms with van der Waals surface area (Å²) in [6, 6.07) is 21.7. The first kappa shape index (κ1) is 18.9. The fourth-order valence-electron chi connectivity index (χ4n) is 3.27. The van der Waals surface area contributed by atoms with Crippen molar-refractivity contribution in [1.29, 1.82) is 0 Å². The van der Waals surface area contributed by atoms with E-state index in [-0.39, 0.29) is 10.5 Å². The maximum atomic E-state index is 6.88. The maximum Gasteiger partial charge on any atom is 0.261 e. The van der Waals surface area contributed by atoms with E-state index in [4.69, 9.17) is 4.43 Å². The monoisotopic (exact) mass is 340 g/mol. The van der Waals surface area contributed by atoms with Crippen molar-refractivity contribution in [2.45, 2.75) is 53.0 Å². The van der Waals surface area contributed by atoms with E-state index in [2.05, 4.69) is 102 Å². The molecule has 1 nitrogen and oxygen atoms in total. The van der Waals surface area contributed by atoms with Crippen molar-refractivity contribution in [1.82, 2.24) is 0 Å². The Morgan fingerprint density at radius 1 is 0.708 bits per heavy atom. The highest BCUT2D eigenvalue weighted by Gasteiger charge is 2.50. The van der Waals surface area contributed by atoms with Gasteiger partial charge in [-0.3, -0.25) is 0 Å². The molecule has 0 aliphatic rings. The summed E-state index contributed by atoms with van der Waals surface area (Å²) in [4.78, 5) is 0.